The molecule has 0 spiro atoms. The van der Waals surface area contributed by atoms with Crippen molar-refractivity contribution in [1.82, 2.24) is 4.98 Å². The molecule has 0 amide bonds. The van der Waals surface area contributed by atoms with E-state index >= 15 is 0 Å². The van der Waals surface area contributed by atoms with Gasteiger partial charge in [-0.25, -0.2) is 4.79 Å². The van der Waals surface area contributed by atoms with E-state index in [0.29, 0.717) is 0 Å². The van der Waals surface area contributed by atoms with Gasteiger partial charge in [0.1, 0.15) is 6.20 Å². The van der Waals surface area contributed by atoms with Gasteiger partial charge in [-0.3, -0.25) is 0 Å². The standard InChI is InChI=1S/C10H12N2O5/c1-3-16-10(13)7(2)17-8-5-4-6-11-9(8)12(14)15/h4-7H,3H2,1-2H3/t7-/m1/s1. The van der Waals surface area contributed by atoms with Crippen LogP contribution in [0.1, 0.15) is 13.8 Å². The summed E-state index contributed by atoms with van der Waals surface area (Å²) in [5.74, 6) is -1.06. The molecule has 7 heteroatoms. The highest BCUT2D eigenvalue weighted by Crippen LogP contribution is 2.24. The third-order valence-electron chi connectivity index (χ3n) is 1.85. The lowest BCUT2D eigenvalue weighted by Gasteiger charge is -2.12. The molecule has 0 N–H and O–H groups in total. The molecule has 17 heavy (non-hydrogen) atoms. The summed E-state index contributed by atoms with van der Waals surface area (Å²) in [5, 5.41) is 10.6. The second-order valence-corrected chi connectivity index (χ2v) is 3.09. The van der Waals surface area contributed by atoms with Gasteiger partial charge in [-0.1, -0.05) is 0 Å². The number of nitrogens with zero attached hydrogens (tertiary/aromatic N) is 2. The van der Waals surface area contributed by atoms with Crippen molar-refractivity contribution in [2.45, 2.75) is 20.0 Å². The Hall–Kier alpha value is -2.18. The Labute approximate surface area is 97.5 Å². The molecule has 0 aliphatic carbocycles. The van der Waals surface area contributed by atoms with Crippen LogP contribution in [0.4, 0.5) is 5.82 Å². The fraction of sp³-hybridized carbons (Fsp3) is 0.400. The lowest BCUT2D eigenvalue weighted by molar-refractivity contribution is -0.390. The molecule has 0 bridgehead atoms. The second-order valence-electron chi connectivity index (χ2n) is 3.09. The zero-order chi connectivity index (χ0) is 12.8. The topological polar surface area (TPSA) is 91.6 Å². The van der Waals surface area contributed by atoms with E-state index in [2.05, 4.69) is 4.98 Å². The normalized spacial score (nSPS) is 11.6. The van der Waals surface area contributed by atoms with Gasteiger partial charge in [-0.2, -0.15) is 0 Å². The van der Waals surface area contributed by atoms with E-state index in [1.165, 1.54) is 25.3 Å². The Morgan fingerprint density at radius 1 is 1.65 bits per heavy atom. The van der Waals surface area contributed by atoms with Crippen molar-refractivity contribution in [2.24, 2.45) is 0 Å². The number of rotatable bonds is 5. The number of hydrogen-bond donors (Lipinski definition) is 0. The summed E-state index contributed by atoms with van der Waals surface area (Å²) in [6.07, 6.45) is 0.359. The summed E-state index contributed by atoms with van der Waals surface area (Å²) in [7, 11) is 0. The SMILES string of the molecule is CCOC(=O)[C@@H](C)Oc1cccnc1[N+](=O)[O-]. The highest BCUT2D eigenvalue weighted by molar-refractivity contribution is 5.74. The number of nitro groups is 1. The number of esters is 1. The molecule has 0 saturated carbocycles. The van der Waals surface area contributed by atoms with Gasteiger partial charge in [-0.15, -0.1) is 0 Å². The van der Waals surface area contributed by atoms with E-state index in [1.807, 2.05) is 0 Å². The highest BCUT2D eigenvalue weighted by atomic mass is 16.6. The molecule has 7 nitrogen and oxygen atoms in total. The van der Waals surface area contributed by atoms with Crippen molar-refractivity contribution in [3.05, 3.63) is 28.4 Å². The number of aromatic nitrogens is 1. The van der Waals surface area contributed by atoms with Gasteiger partial charge in [0, 0.05) is 0 Å². The molecule has 0 fully saturated rings. The number of ether oxygens (including phenoxy) is 2. The Balaban J connectivity index is 2.81. The van der Waals surface area contributed by atoms with E-state index in [1.54, 1.807) is 6.92 Å². The first-order valence-corrected chi connectivity index (χ1v) is 4.99. The van der Waals surface area contributed by atoms with Crippen LogP contribution in [0, 0.1) is 10.1 Å². The third kappa shape index (κ3) is 3.40. The molecule has 92 valence electrons. The molecule has 1 heterocycles. The molecule has 0 radical (unpaired) electrons. The summed E-state index contributed by atoms with van der Waals surface area (Å²) in [5.41, 5.74) is 0. The van der Waals surface area contributed by atoms with Crippen molar-refractivity contribution < 1.29 is 19.2 Å². The molecule has 1 aromatic heterocycles. The summed E-state index contributed by atoms with van der Waals surface area (Å²) in [6, 6.07) is 2.86. The van der Waals surface area contributed by atoms with Crippen LogP contribution in [0.25, 0.3) is 0 Å². The summed E-state index contributed by atoms with van der Waals surface area (Å²) < 4.78 is 9.86. The van der Waals surface area contributed by atoms with Gasteiger partial charge < -0.3 is 19.6 Å². The minimum atomic E-state index is -0.919. The largest absolute Gasteiger partial charge is 0.471 e. The Bertz CT molecular complexity index is 421. The molecule has 0 aliphatic rings. The first-order chi connectivity index (χ1) is 8.06. The highest BCUT2D eigenvalue weighted by Gasteiger charge is 2.22. The van der Waals surface area contributed by atoms with Crippen LogP contribution in [-0.2, 0) is 9.53 Å². The number of pyridine rings is 1. The predicted octanol–water partition coefficient (Wildman–Crippen LogP) is 1.32. The Morgan fingerprint density at radius 3 is 2.94 bits per heavy atom. The van der Waals surface area contributed by atoms with Gasteiger partial charge in [0.05, 0.1) is 6.61 Å². The molecule has 0 aromatic carbocycles. The molecular weight excluding hydrogens is 228 g/mol. The smallest absolute Gasteiger partial charge is 0.406 e. The molecule has 1 atom stereocenters. The fourth-order valence-corrected chi connectivity index (χ4v) is 1.11. The van der Waals surface area contributed by atoms with Crippen LogP contribution < -0.4 is 4.74 Å². The van der Waals surface area contributed by atoms with E-state index in [0.717, 1.165) is 0 Å². The van der Waals surface area contributed by atoms with Gasteiger partial charge in [-0.05, 0) is 35.9 Å². The van der Waals surface area contributed by atoms with E-state index in [9.17, 15) is 14.9 Å². The molecule has 0 aliphatic heterocycles. The Kier molecular flexibility index (Phi) is 4.38. The van der Waals surface area contributed by atoms with Crippen LogP contribution in [-0.4, -0.2) is 28.6 Å². The van der Waals surface area contributed by atoms with Crippen LogP contribution in [0.2, 0.25) is 0 Å². The van der Waals surface area contributed by atoms with Crippen molar-refractivity contribution >= 4 is 11.8 Å². The monoisotopic (exact) mass is 240 g/mol. The van der Waals surface area contributed by atoms with Crippen molar-refractivity contribution in [3.8, 4) is 5.75 Å². The van der Waals surface area contributed by atoms with E-state index in [4.69, 9.17) is 9.47 Å². The van der Waals surface area contributed by atoms with Gasteiger partial charge >= 0.3 is 11.8 Å². The van der Waals surface area contributed by atoms with Crippen LogP contribution >= 0.6 is 0 Å². The first-order valence-electron chi connectivity index (χ1n) is 4.99. The van der Waals surface area contributed by atoms with Crippen LogP contribution in [0.5, 0.6) is 5.75 Å². The van der Waals surface area contributed by atoms with E-state index < -0.39 is 22.8 Å². The maximum absolute atomic E-state index is 11.3. The average Bonchev–Trinajstić information content (AvgIpc) is 2.29. The first kappa shape index (κ1) is 12.9. The van der Waals surface area contributed by atoms with Crippen LogP contribution in [0.15, 0.2) is 18.3 Å². The van der Waals surface area contributed by atoms with Crippen molar-refractivity contribution in [2.75, 3.05) is 6.61 Å². The quantitative estimate of drug-likeness (QED) is 0.438. The predicted molar refractivity (Wildman–Crippen MR) is 57.6 cm³/mol. The molecule has 1 aromatic rings. The number of carbonyl (C=O) groups excluding carboxylic acids is 1. The Morgan fingerprint density at radius 2 is 2.35 bits per heavy atom. The summed E-state index contributed by atoms with van der Waals surface area (Å²) >= 11 is 0. The second kappa shape index (κ2) is 5.78. The van der Waals surface area contributed by atoms with Crippen molar-refractivity contribution in [3.63, 3.8) is 0 Å². The van der Waals surface area contributed by atoms with Crippen molar-refractivity contribution in [1.29, 1.82) is 0 Å². The zero-order valence-electron chi connectivity index (χ0n) is 9.45. The summed E-state index contributed by atoms with van der Waals surface area (Å²) in [6.45, 7) is 3.34. The summed E-state index contributed by atoms with van der Waals surface area (Å²) in [4.78, 5) is 24.8. The average molecular weight is 240 g/mol. The molecule has 0 saturated heterocycles. The number of carbonyl (C=O) groups is 1. The maximum Gasteiger partial charge on any atom is 0.406 e. The molecular formula is C10H12N2O5. The van der Waals surface area contributed by atoms with Crippen LogP contribution in [0.3, 0.4) is 0 Å². The maximum atomic E-state index is 11.3. The van der Waals surface area contributed by atoms with Gasteiger partial charge in [0.2, 0.25) is 5.75 Å². The zero-order valence-corrected chi connectivity index (χ0v) is 9.45. The van der Waals surface area contributed by atoms with Gasteiger partial charge in [0.15, 0.2) is 6.10 Å². The lowest BCUT2D eigenvalue weighted by Crippen LogP contribution is -2.26. The minimum Gasteiger partial charge on any atom is -0.471 e. The molecule has 1 rings (SSSR count). The fourth-order valence-electron chi connectivity index (χ4n) is 1.11. The van der Waals surface area contributed by atoms with E-state index in [-0.39, 0.29) is 12.4 Å². The molecule has 0 unspecified atom stereocenters. The third-order valence-corrected chi connectivity index (χ3v) is 1.85. The number of hydrogen-bond acceptors (Lipinski definition) is 6. The minimum absolute atomic E-state index is 0.0574. The lowest BCUT2D eigenvalue weighted by atomic mass is 10.4. The van der Waals surface area contributed by atoms with Gasteiger partial charge in [0.25, 0.3) is 0 Å².